The highest BCUT2D eigenvalue weighted by atomic mass is 15.2. The molecule has 0 aliphatic carbocycles. The van der Waals surface area contributed by atoms with Crippen molar-refractivity contribution >= 4 is 11.5 Å². The Morgan fingerprint density at radius 1 is 1.17 bits per heavy atom. The average molecular weight is 242 g/mol. The van der Waals surface area contributed by atoms with Gasteiger partial charge in [0, 0.05) is 43.6 Å². The van der Waals surface area contributed by atoms with Gasteiger partial charge in [-0.1, -0.05) is 12.1 Å². The fourth-order valence-corrected chi connectivity index (χ4v) is 2.33. The van der Waals surface area contributed by atoms with Gasteiger partial charge < -0.3 is 15.5 Å². The molecule has 0 saturated carbocycles. The molecule has 4 nitrogen and oxygen atoms in total. The molecule has 1 aromatic rings. The molecule has 1 aromatic carbocycles. The minimum atomic E-state index is 0.764. The fraction of sp³-hybridized carbons (Fsp3) is 0.357. The van der Waals surface area contributed by atoms with Crippen molar-refractivity contribution in [3.05, 3.63) is 42.1 Å². The molecule has 2 heterocycles. The van der Waals surface area contributed by atoms with E-state index in [1.54, 1.807) is 0 Å². The van der Waals surface area contributed by atoms with Gasteiger partial charge in [-0.05, 0) is 18.2 Å². The lowest BCUT2D eigenvalue weighted by molar-refractivity contribution is 0.589. The van der Waals surface area contributed by atoms with E-state index in [2.05, 4.69) is 44.8 Å². The van der Waals surface area contributed by atoms with Crippen molar-refractivity contribution in [3.8, 4) is 0 Å². The predicted octanol–water partition coefficient (Wildman–Crippen LogP) is 0.960. The molecular weight excluding hydrogens is 224 g/mol. The minimum absolute atomic E-state index is 0.764. The van der Waals surface area contributed by atoms with Gasteiger partial charge in [-0.25, -0.2) is 0 Å². The number of amidine groups is 1. The Morgan fingerprint density at radius 2 is 2.06 bits per heavy atom. The van der Waals surface area contributed by atoms with Crippen LogP contribution in [0.1, 0.15) is 5.56 Å². The van der Waals surface area contributed by atoms with Crippen molar-refractivity contribution in [2.75, 3.05) is 37.6 Å². The lowest BCUT2D eigenvalue weighted by Crippen LogP contribution is -2.43. The Kier molecular flexibility index (Phi) is 3.28. The van der Waals surface area contributed by atoms with Gasteiger partial charge in [-0.3, -0.25) is 4.99 Å². The highest BCUT2D eigenvalue weighted by Crippen LogP contribution is 2.17. The standard InChI is InChI=1S/C14H18N4/c1-3-12(14-16-5-2-6-17-14)11-13(4-1)18-9-7-15-8-10-18/h1-5,11,15H,6-10H2,(H,16,17). The molecule has 2 N–H and O–H groups in total. The summed E-state index contributed by atoms with van der Waals surface area (Å²) < 4.78 is 0. The van der Waals surface area contributed by atoms with E-state index in [9.17, 15) is 0 Å². The number of nitrogens with zero attached hydrogens (tertiary/aromatic N) is 2. The van der Waals surface area contributed by atoms with Crippen LogP contribution in [-0.2, 0) is 0 Å². The number of aliphatic imine (C=N–C) groups is 1. The topological polar surface area (TPSA) is 39.7 Å². The van der Waals surface area contributed by atoms with Crippen LogP contribution in [-0.4, -0.2) is 38.6 Å². The Labute approximate surface area is 107 Å². The molecule has 2 aliphatic rings. The molecule has 2 aliphatic heterocycles. The molecule has 0 bridgehead atoms. The fourth-order valence-electron chi connectivity index (χ4n) is 2.33. The number of piperazine rings is 1. The first-order chi connectivity index (χ1) is 8.93. The summed E-state index contributed by atoms with van der Waals surface area (Å²) in [5, 5.41) is 6.58. The van der Waals surface area contributed by atoms with Crippen LogP contribution in [0.4, 0.5) is 5.69 Å². The largest absolute Gasteiger partial charge is 0.369 e. The van der Waals surface area contributed by atoms with E-state index in [1.807, 2.05) is 12.3 Å². The number of hydrogen-bond donors (Lipinski definition) is 2. The van der Waals surface area contributed by atoms with Gasteiger partial charge in [0.05, 0.1) is 6.54 Å². The summed E-state index contributed by atoms with van der Waals surface area (Å²) in [4.78, 5) is 6.89. The van der Waals surface area contributed by atoms with Crippen LogP contribution in [0.5, 0.6) is 0 Å². The molecule has 4 heteroatoms. The molecule has 0 aromatic heterocycles. The van der Waals surface area contributed by atoms with E-state index in [0.717, 1.165) is 44.1 Å². The lowest BCUT2D eigenvalue weighted by atomic mass is 10.1. The third-order valence-corrected chi connectivity index (χ3v) is 3.29. The van der Waals surface area contributed by atoms with Crippen LogP contribution in [0.25, 0.3) is 0 Å². The monoisotopic (exact) mass is 242 g/mol. The summed E-state index contributed by atoms with van der Waals surface area (Å²) in [6.45, 7) is 5.03. The maximum Gasteiger partial charge on any atom is 0.132 e. The second kappa shape index (κ2) is 5.23. The van der Waals surface area contributed by atoms with Crippen LogP contribution < -0.4 is 15.5 Å². The van der Waals surface area contributed by atoms with E-state index < -0.39 is 0 Å². The van der Waals surface area contributed by atoms with Crippen LogP contribution in [0.15, 0.2) is 41.5 Å². The number of hydrogen-bond acceptors (Lipinski definition) is 4. The lowest BCUT2D eigenvalue weighted by Gasteiger charge is -2.29. The summed E-state index contributed by atoms with van der Waals surface area (Å²) in [5.41, 5.74) is 2.45. The predicted molar refractivity (Wildman–Crippen MR) is 75.2 cm³/mol. The SMILES string of the molecule is C1=CNC(c2cccc(N3CCNCC3)c2)=NC1. The van der Waals surface area contributed by atoms with Crippen molar-refractivity contribution in [2.45, 2.75) is 0 Å². The van der Waals surface area contributed by atoms with Gasteiger partial charge >= 0.3 is 0 Å². The smallest absolute Gasteiger partial charge is 0.132 e. The van der Waals surface area contributed by atoms with Gasteiger partial charge in [-0.2, -0.15) is 0 Å². The summed E-state index contributed by atoms with van der Waals surface area (Å²) >= 11 is 0. The molecule has 0 atom stereocenters. The van der Waals surface area contributed by atoms with Gasteiger partial charge in [0.2, 0.25) is 0 Å². The molecule has 1 fully saturated rings. The average Bonchev–Trinajstić information content (AvgIpc) is 2.49. The highest BCUT2D eigenvalue weighted by molar-refractivity contribution is 6.00. The maximum absolute atomic E-state index is 4.47. The number of benzene rings is 1. The number of anilines is 1. The summed E-state index contributed by atoms with van der Waals surface area (Å²) in [6, 6.07) is 8.61. The van der Waals surface area contributed by atoms with Crippen LogP contribution in [0, 0.1) is 0 Å². The van der Waals surface area contributed by atoms with Gasteiger partial charge in [0.25, 0.3) is 0 Å². The van der Waals surface area contributed by atoms with E-state index in [-0.39, 0.29) is 0 Å². The van der Waals surface area contributed by atoms with Gasteiger partial charge in [-0.15, -0.1) is 0 Å². The summed E-state index contributed by atoms with van der Waals surface area (Å²) in [6.07, 6.45) is 3.98. The molecular formula is C14H18N4. The second-order valence-corrected chi connectivity index (χ2v) is 4.52. The molecule has 3 rings (SSSR count). The van der Waals surface area contributed by atoms with Crippen molar-refractivity contribution in [3.63, 3.8) is 0 Å². The molecule has 1 saturated heterocycles. The first-order valence-electron chi connectivity index (χ1n) is 6.45. The van der Waals surface area contributed by atoms with Gasteiger partial charge in [0.1, 0.15) is 5.84 Å². The molecule has 0 amide bonds. The quantitative estimate of drug-likeness (QED) is 0.811. The Balaban J connectivity index is 1.82. The zero-order chi connectivity index (χ0) is 12.2. The van der Waals surface area contributed by atoms with Crippen LogP contribution in [0.3, 0.4) is 0 Å². The number of rotatable bonds is 2. The molecule has 0 spiro atoms. The third-order valence-electron chi connectivity index (χ3n) is 3.29. The van der Waals surface area contributed by atoms with E-state index in [4.69, 9.17) is 0 Å². The zero-order valence-electron chi connectivity index (χ0n) is 10.4. The van der Waals surface area contributed by atoms with Crippen molar-refractivity contribution in [2.24, 2.45) is 4.99 Å². The first kappa shape index (κ1) is 11.3. The highest BCUT2D eigenvalue weighted by Gasteiger charge is 2.12. The Morgan fingerprint density at radius 3 is 2.83 bits per heavy atom. The second-order valence-electron chi connectivity index (χ2n) is 4.52. The zero-order valence-corrected chi connectivity index (χ0v) is 10.4. The normalized spacial score (nSPS) is 19.3. The van der Waals surface area contributed by atoms with Crippen LogP contribution in [0.2, 0.25) is 0 Å². The Hall–Kier alpha value is -1.81. The van der Waals surface area contributed by atoms with E-state index >= 15 is 0 Å². The molecule has 0 radical (unpaired) electrons. The van der Waals surface area contributed by atoms with Crippen molar-refractivity contribution in [1.82, 2.24) is 10.6 Å². The first-order valence-corrected chi connectivity index (χ1v) is 6.45. The Bertz CT molecular complexity index is 472. The minimum Gasteiger partial charge on any atom is -0.369 e. The maximum atomic E-state index is 4.47. The summed E-state index contributed by atoms with van der Waals surface area (Å²) in [7, 11) is 0. The summed E-state index contributed by atoms with van der Waals surface area (Å²) in [5.74, 6) is 0.967. The van der Waals surface area contributed by atoms with Gasteiger partial charge in [0.15, 0.2) is 0 Å². The van der Waals surface area contributed by atoms with Crippen molar-refractivity contribution < 1.29 is 0 Å². The third kappa shape index (κ3) is 2.38. The molecule has 0 unspecified atom stereocenters. The molecule has 94 valence electrons. The molecule has 18 heavy (non-hydrogen) atoms. The van der Waals surface area contributed by atoms with E-state index in [0.29, 0.717) is 0 Å². The number of nitrogens with one attached hydrogen (secondary N) is 2. The van der Waals surface area contributed by atoms with E-state index in [1.165, 1.54) is 5.69 Å². The van der Waals surface area contributed by atoms with Crippen LogP contribution >= 0.6 is 0 Å². The van der Waals surface area contributed by atoms with Crippen molar-refractivity contribution in [1.29, 1.82) is 0 Å².